The summed E-state index contributed by atoms with van der Waals surface area (Å²) in [6.07, 6.45) is 5.14. The van der Waals surface area contributed by atoms with Crippen molar-refractivity contribution in [2.24, 2.45) is 5.41 Å². The zero-order valence-electron chi connectivity index (χ0n) is 10.1. The molecule has 0 aliphatic heterocycles. The quantitative estimate of drug-likeness (QED) is 0.824. The van der Waals surface area contributed by atoms with Crippen molar-refractivity contribution in [3.8, 4) is 0 Å². The van der Waals surface area contributed by atoms with Crippen molar-refractivity contribution in [1.82, 2.24) is 5.32 Å². The van der Waals surface area contributed by atoms with Gasteiger partial charge in [-0.05, 0) is 31.9 Å². The molecule has 2 N–H and O–H groups in total. The normalized spacial score (nSPS) is 31.8. The maximum atomic E-state index is 9.48. The van der Waals surface area contributed by atoms with Gasteiger partial charge in [0.25, 0.3) is 0 Å². The Morgan fingerprint density at radius 3 is 3.12 bits per heavy atom. The average Bonchev–Trinajstić information content (AvgIpc) is 2.89. The fraction of sp³-hybridized carbons (Fsp3) is 0.692. The predicted molar refractivity (Wildman–Crippen MR) is 63.1 cm³/mol. The maximum absolute atomic E-state index is 9.48. The summed E-state index contributed by atoms with van der Waals surface area (Å²) in [5, 5.41) is 13.0. The molecular formula is C13H21NO2. The van der Waals surface area contributed by atoms with E-state index in [2.05, 4.69) is 19.2 Å². The summed E-state index contributed by atoms with van der Waals surface area (Å²) in [5.74, 6) is 0.965. The molecule has 3 atom stereocenters. The Balaban J connectivity index is 1.99. The second-order valence-corrected chi connectivity index (χ2v) is 5.16. The highest BCUT2D eigenvalue weighted by Crippen LogP contribution is 2.38. The van der Waals surface area contributed by atoms with Gasteiger partial charge in [-0.15, -0.1) is 0 Å². The SMILES string of the molecule is CC(NC1CCCC1(C)CO)c1ccco1. The van der Waals surface area contributed by atoms with Crippen LogP contribution in [0.1, 0.15) is 44.9 Å². The second-order valence-electron chi connectivity index (χ2n) is 5.16. The van der Waals surface area contributed by atoms with Gasteiger partial charge in [0.1, 0.15) is 5.76 Å². The zero-order valence-corrected chi connectivity index (χ0v) is 10.1. The van der Waals surface area contributed by atoms with E-state index in [9.17, 15) is 5.11 Å². The van der Waals surface area contributed by atoms with E-state index in [0.717, 1.165) is 18.6 Å². The molecule has 3 heteroatoms. The minimum Gasteiger partial charge on any atom is -0.468 e. The summed E-state index contributed by atoms with van der Waals surface area (Å²) < 4.78 is 5.38. The Labute approximate surface area is 96.8 Å². The Morgan fingerprint density at radius 2 is 2.50 bits per heavy atom. The van der Waals surface area contributed by atoms with Crippen molar-refractivity contribution in [2.45, 2.75) is 45.2 Å². The lowest BCUT2D eigenvalue weighted by Gasteiger charge is -2.32. The van der Waals surface area contributed by atoms with Crippen LogP contribution in [0.3, 0.4) is 0 Å². The number of nitrogens with one attached hydrogen (secondary N) is 1. The molecule has 0 spiro atoms. The van der Waals surface area contributed by atoms with Crippen molar-refractivity contribution in [3.63, 3.8) is 0 Å². The van der Waals surface area contributed by atoms with Crippen LogP contribution in [0.15, 0.2) is 22.8 Å². The lowest BCUT2D eigenvalue weighted by atomic mass is 9.85. The number of hydrogen-bond donors (Lipinski definition) is 2. The summed E-state index contributed by atoms with van der Waals surface area (Å²) in [4.78, 5) is 0. The number of rotatable bonds is 4. The van der Waals surface area contributed by atoms with Crippen LogP contribution in [0.5, 0.6) is 0 Å². The molecule has 0 radical (unpaired) electrons. The molecule has 3 nitrogen and oxygen atoms in total. The van der Waals surface area contributed by atoms with Crippen LogP contribution in [0.4, 0.5) is 0 Å². The molecule has 1 fully saturated rings. The van der Waals surface area contributed by atoms with Gasteiger partial charge in [-0.3, -0.25) is 0 Å². The fourth-order valence-corrected chi connectivity index (χ4v) is 2.63. The molecule has 1 saturated carbocycles. The van der Waals surface area contributed by atoms with Crippen molar-refractivity contribution in [2.75, 3.05) is 6.61 Å². The Bertz CT molecular complexity index is 323. The van der Waals surface area contributed by atoms with E-state index in [1.54, 1.807) is 6.26 Å². The molecule has 2 rings (SSSR count). The first-order valence-corrected chi connectivity index (χ1v) is 6.06. The van der Waals surface area contributed by atoms with Crippen LogP contribution in [-0.4, -0.2) is 17.8 Å². The fourth-order valence-electron chi connectivity index (χ4n) is 2.63. The average molecular weight is 223 g/mol. The molecule has 1 aromatic heterocycles. The molecule has 1 aromatic rings. The molecule has 0 bridgehead atoms. The largest absolute Gasteiger partial charge is 0.468 e. The molecule has 3 unspecified atom stereocenters. The number of aliphatic hydroxyl groups is 1. The molecule has 1 aliphatic rings. The minimum atomic E-state index is 0.0286. The Hall–Kier alpha value is -0.800. The van der Waals surface area contributed by atoms with Gasteiger partial charge in [0.2, 0.25) is 0 Å². The summed E-state index contributed by atoms with van der Waals surface area (Å²) >= 11 is 0. The molecule has 1 heterocycles. The van der Waals surface area contributed by atoms with Crippen molar-refractivity contribution in [3.05, 3.63) is 24.2 Å². The Kier molecular flexibility index (Phi) is 3.36. The molecule has 16 heavy (non-hydrogen) atoms. The van der Waals surface area contributed by atoms with Gasteiger partial charge in [0.05, 0.1) is 12.3 Å². The minimum absolute atomic E-state index is 0.0286. The summed E-state index contributed by atoms with van der Waals surface area (Å²) in [6.45, 7) is 4.52. The van der Waals surface area contributed by atoms with Crippen molar-refractivity contribution >= 4 is 0 Å². The number of furan rings is 1. The van der Waals surface area contributed by atoms with Crippen LogP contribution in [-0.2, 0) is 0 Å². The third-order valence-electron chi connectivity index (χ3n) is 3.86. The van der Waals surface area contributed by atoms with Gasteiger partial charge >= 0.3 is 0 Å². The number of aliphatic hydroxyl groups excluding tert-OH is 1. The van der Waals surface area contributed by atoms with Crippen LogP contribution in [0.25, 0.3) is 0 Å². The predicted octanol–water partition coefficient (Wildman–Crippen LogP) is 2.48. The maximum Gasteiger partial charge on any atom is 0.120 e. The molecule has 1 aliphatic carbocycles. The molecule has 0 saturated heterocycles. The van der Waals surface area contributed by atoms with E-state index in [1.807, 2.05) is 12.1 Å². The van der Waals surface area contributed by atoms with Gasteiger partial charge in [-0.25, -0.2) is 0 Å². The highest BCUT2D eigenvalue weighted by atomic mass is 16.3. The van der Waals surface area contributed by atoms with Crippen LogP contribution < -0.4 is 5.32 Å². The van der Waals surface area contributed by atoms with Gasteiger partial charge < -0.3 is 14.8 Å². The molecular weight excluding hydrogens is 202 g/mol. The first kappa shape index (κ1) is 11.7. The first-order chi connectivity index (χ1) is 7.65. The van der Waals surface area contributed by atoms with E-state index in [0.29, 0.717) is 6.04 Å². The zero-order chi connectivity index (χ0) is 11.6. The smallest absolute Gasteiger partial charge is 0.120 e. The highest BCUT2D eigenvalue weighted by molar-refractivity contribution is 5.05. The molecule has 0 aromatic carbocycles. The topological polar surface area (TPSA) is 45.4 Å². The van der Waals surface area contributed by atoms with Crippen molar-refractivity contribution < 1.29 is 9.52 Å². The Morgan fingerprint density at radius 1 is 1.69 bits per heavy atom. The lowest BCUT2D eigenvalue weighted by molar-refractivity contribution is 0.113. The van der Waals surface area contributed by atoms with Crippen LogP contribution >= 0.6 is 0 Å². The second kappa shape index (κ2) is 4.60. The van der Waals surface area contributed by atoms with Gasteiger partial charge in [0.15, 0.2) is 0 Å². The lowest BCUT2D eigenvalue weighted by Crippen LogP contribution is -2.42. The van der Waals surface area contributed by atoms with Gasteiger partial charge in [-0.1, -0.05) is 13.3 Å². The molecule has 90 valence electrons. The summed E-state index contributed by atoms with van der Waals surface area (Å²) in [5.41, 5.74) is 0.0286. The van der Waals surface area contributed by atoms with E-state index < -0.39 is 0 Å². The summed E-state index contributed by atoms with van der Waals surface area (Å²) in [6, 6.07) is 4.50. The van der Waals surface area contributed by atoms with E-state index in [1.165, 1.54) is 6.42 Å². The third kappa shape index (κ3) is 2.15. The van der Waals surface area contributed by atoms with E-state index in [4.69, 9.17) is 4.42 Å². The standard InChI is InChI=1S/C13H21NO2/c1-10(11-5-4-8-16-11)14-12-6-3-7-13(12,2)9-15/h4-5,8,10,12,14-15H,3,6-7,9H2,1-2H3. The van der Waals surface area contributed by atoms with Crippen LogP contribution in [0.2, 0.25) is 0 Å². The highest BCUT2D eigenvalue weighted by Gasteiger charge is 2.38. The van der Waals surface area contributed by atoms with Gasteiger partial charge in [-0.2, -0.15) is 0 Å². The van der Waals surface area contributed by atoms with Crippen LogP contribution in [0, 0.1) is 5.41 Å². The molecule has 0 amide bonds. The summed E-state index contributed by atoms with van der Waals surface area (Å²) in [7, 11) is 0. The van der Waals surface area contributed by atoms with Crippen molar-refractivity contribution in [1.29, 1.82) is 0 Å². The monoisotopic (exact) mass is 223 g/mol. The van der Waals surface area contributed by atoms with E-state index >= 15 is 0 Å². The first-order valence-electron chi connectivity index (χ1n) is 6.06. The van der Waals surface area contributed by atoms with Gasteiger partial charge in [0, 0.05) is 18.1 Å². The van der Waals surface area contributed by atoms with E-state index in [-0.39, 0.29) is 18.1 Å². The third-order valence-corrected chi connectivity index (χ3v) is 3.86. The number of hydrogen-bond acceptors (Lipinski definition) is 3.